The molecule has 2 aliphatic rings. The summed E-state index contributed by atoms with van der Waals surface area (Å²) in [6, 6.07) is 10.1. The minimum Gasteiger partial charge on any atom is -0.475 e. The maximum absolute atomic E-state index is 12.5. The number of anilines is 1. The number of hydrogen-bond acceptors (Lipinski definition) is 5. The van der Waals surface area contributed by atoms with Gasteiger partial charge in [0.15, 0.2) is 0 Å². The van der Waals surface area contributed by atoms with Gasteiger partial charge in [-0.2, -0.15) is 0 Å². The third-order valence-corrected chi connectivity index (χ3v) is 5.92. The van der Waals surface area contributed by atoms with Crippen molar-refractivity contribution in [3.63, 3.8) is 0 Å². The first kappa shape index (κ1) is 19.4. The van der Waals surface area contributed by atoms with Gasteiger partial charge in [-0.05, 0) is 38.3 Å². The van der Waals surface area contributed by atoms with Crippen molar-refractivity contribution in [1.29, 1.82) is 0 Å². The van der Waals surface area contributed by atoms with Gasteiger partial charge < -0.3 is 9.47 Å². The Balaban J connectivity index is 1.89. The van der Waals surface area contributed by atoms with Gasteiger partial charge in [-0.1, -0.05) is 38.1 Å². The number of fused-ring (bicyclic) bond motifs is 3. The SMILES string of the molecule is CCC1(CC)COC(=O)Nc2cc(C3=NC(C)(C)CO3)cnc2-c2ccccc21. The lowest BCUT2D eigenvalue weighted by atomic mass is 9.74. The van der Waals surface area contributed by atoms with Crippen molar-refractivity contribution in [2.24, 2.45) is 4.99 Å². The Morgan fingerprint density at radius 2 is 1.86 bits per heavy atom. The molecule has 0 unspecified atom stereocenters. The van der Waals surface area contributed by atoms with Crippen molar-refractivity contribution in [1.82, 2.24) is 4.98 Å². The Morgan fingerprint density at radius 3 is 2.55 bits per heavy atom. The summed E-state index contributed by atoms with van der Waals surface area (Å²) < 4.78 is 11.4. The predicted octanol–water partition coefficient (Wildman–Crippen LogP) is 4.92. The molecule has 0 bridgehead atoms. The number of nitrogens with one attached hydrogen (secondary N) is 1. The van der Waals surface area contributed by atoms with E-state index in [1.54, 1.807) is 6.20 Å². The first-order valence-corrected chi connectivity index (χ1v) is 10.1. The Morgan fingerprint density at radius 1 is 1.10 bits per heavy atom. The third-order valence-electron chi connectivity index (χ3n) is 5.92. The van der Waals surface area contributed by atoms with Gasteiger partial charge in [0.05, 0.1) is 22.5 Å². The van der Waals surface area contributed by atoms with Crippen LogP contribution < -0.4 is 5.32 Å². The predicted molar refractivity (Wildman–Crippen MR) is 113 cm³/mol. The van der Waals surface area contributed by atoms with Crippen LogP contribution in [-0.2, 0) is 14.9 Å². The number of hydrogen-bond donors (Lipinski definition) is 1. The van der Waals surface area contributed by atoms with Crippen LogP contribution in [0.25, 0.3) is 11.3 Å². The van der Waals surface area contributed by atoms with E-state index >= 15 is 0 Å². The van der Waals surface area contributed by atoms with Crippen molar-refractivity contribution in [2.45, 2.75) is 51.5 Å². The maximum Gasteiger partial charge on any atom is 0.411 e. The number of rotatable bonds is 3. The lowest BCUT2D eigenvalue weighted by Gasteiger charge is -2.32. The number of amides is 1. The summed E-state index contributed by atoms with van der Waals surface area (Å²) in [5, 5.41) is 2.88. The van der Waals surface area contributed by atoms with E-state index in [1.165, 1.54) is 0 Å². The molecule has 1 amide bonds. The molecule has 0 spiro atoms. The first-order chi connectivity index (χ1) is 13.9. The van der Waals surface area contributed by atoms with E-state index in [9.17, 15) is 4.79 Å². The molecule has 1 N–H and O–H groups in total. The van der Waals surface area contributed by atoms with Crippen molar-refractivity contribution in [3.05, 3.63) is 47.7 Å². The molecule has 0 saturated carbocycles. The molecule has 0 aliphatic carbocycles. The zero-order chi connectivity index (χ0) is 20.6. The molecule has 1 aromatic heterocycles. The number of nitrogens with zero attached hydrogens (tertiary/aromatic N) is 2. The van der Waals surface area contributed by atoms with Crippen LogP contribution in [0.4, 0.5) is 10.5 Å². The fourth-order valence-electron chi connectivity index (χ4n) is 4.04. The maximum atomic E-state index is 12.5. The number of carbonyl (C=O) groups is 1. The lowest BCUT2D eigenvalue weighted by Crippen LogP contribution is -2.32. The highest BCUT2D eigenvalue weighted by Crippen LogP contribution is 2.41. The second-order valence-electron chi connectivity index (χ2n) is 8.37. The van der Waals surface area contributed by atoms with E-state index in [2.05, 4.69) is 36.3 Å². The zero-order valence-corrected chi connectivity index (χ0v) is 17.4. The molecule has 2 aromatic rings. The molecule has 6 heteroatoms. The highest BCUT2D eigenvalue weighted by Gasteiger charge is 2.35. The molecule has 4 rings (SSSR count). The number of aromatic nitrogens is 1. The Hall–Kier alpha value is -2.89. The van der Waals surface area contributed by atoms with Gasteiger partial charge >= 0.3 is 6.09 Å². The standard InChI is InChI=1S/C23H27N3O3/c1-5-23(6-2)14-29-21(27)25-18-11-15(20-26-22(3,4)13-28-20)12-24-19(18)16-9-7-8-10-17(16)23/h7-12H,5-6,13-14H2,1-4H3,(H,25,27). The summed E-state index contributed by atoms with van der Waals surface area (Å²) >= 11 is 0. The van der Waals surface area contributed by atoms with E-state index in [-0.39, 0.29) is 11.0 Å². The fourth-order valence-corrected chi connectivity index (χ4v) is 4.04. The fraction of sp³-hybridized carbons (Fsp3) is 0.435. The van der Waals surface area contributed by atoms with Crippen LogP contribution in [0.1, 0.15) is 51.7 Å². The van der Waals surface area contributed by atoms with Gasteiger partial charge in [-0.3, -0.25) is 10.3 Å². The van der Waals surface area contributed by atoms with Gasteiger partial charge in [0.1, 0.15) is 13.2 Å². The van der Waals surface area contributed by atoms with Gasteiger partial charge in [0.25, 0.3) is 0 Å². The van der Waals surface area contributed by atoms with Crippen LogP contribution in [-0.4, -0.2) is 35.7 Å². The second-order valence-corrected chi connectivity index (χ2v) is 8.37. The van der Waals surface area contributed by atoms with E-state index in [1.807, 2.05) is 32.0 Å². The number of cyclic esters (lactones) is 1. The summed E-state index contributed by atoms with van der Waals surface area (Å²) in [5.74, 6) is 0.546. The molecule has 0 atom stereocenters. The second kappa shape index (κ2) is 7.17. The quantitative estimate of drug-likeness (QED) is 0.803. The topological polar surface area (TPSA) is 72.8 Å². The zero-order valence-electron chi connectivity index (χ0n) is 17.4. The summed E-state index contributed by atoms with van der Waals surface area (Å²) in [7, 11) is 0. The first-order valence-electron chi connectivity index (χ1n) is 10.1. The van der Waals surface area contributed by atoms with Crippen LogP contribution in [0, 0.1) is 0 Å². The Labute approximate surface area is 171 Å². The molecule has 6 nitrogen and oxygen atoms in total. The third kappa shape index (κ3) is 3.48. The molecule has 2 aliphatic heterocycles. The van der Waals surface area contributed by atoms with E-state index in [4.69, 9.17) is 14.5 Å². The highest BCUT2D eigenvalue weighted by molar-refractivity contribution is 5.99. The van der Waals surface area contributed by atoms with Gasteiger partial charge in [0, 0.05) is 17.2 Å². The minimum absolute atomic E-state index is 0.251. The summed E-state index contributed by atoms with van der Waals surface area (Å²) in [6.07, 6.45) is 3.02. The Bertz CT molecular complexity index is 977. The Kier molecular flexibility index (Phi) is 4.81. The van der Waals surface area contributed by atoms with Gasteiger partial charge in [-0.15, -0.1) is 0 Å². The highest BCUT2D eigenvalue weighted by atomic mass is 16.5. The largest absolute Gasteiger partial charge is 0.475 e. The summed E-state index contributed by atoms with van der Waals surface area (Å²) in [6.45, 7) is 9.15. The number of ether oxygens (including phenoxy) is 2. The molecule has 0 fully saturated rings. The molecule has 0 saturated heterocycles. The van der Waals surface area contributed by atoms with E-state index in [0.717, 1.165) is 35.2 Å². The molecule has 0 radical (unpaired) electrons. The van der Waals surface area contributed by atoms with Crippen LogP contribution in [0.3, 0.4) is 0 Å². The number of benzene rings is 1. The van der Waals surface area contributed by atoms with E-state index < -0.39 is 6.09 Å². The van der Waals surface area contributed by atoms with Crippen molar-refractivity contribution < 1.29 is 14.3 Å². The molecular weight excluding hydrogens is 366 g/mol. The minimum atomic E-state index is -0.473. The normalized spacial score (nSPS) is 19.3. The molecule has 152 valence electrons. The van der Waals surface area contributed by atoms with Crippen molar-refractivity contribution in [2.75, 3.05) is 18.5 Å². The van der Waals surface area contributed by atoms with Crippen LogP contribution in [0.2, 0.25) is 0 Å². The number of carbonyl (C=O) groups excluding carboxylic acids is 1. The molecule has 1 aromatic carbocycles. The smallest absolute Gasteiger partial charge is 0.411 e. The van der Waals surface area contributed by atoms with Crippen LogP contribution >= 0.6 is 0 Å². The van der Waals surface area contributed by atoms with Crippen molar-refractivity contribution in [3.8, 4) is 11.3 Å². The van der Waals surface area contributed by atoms with Gasteiger partial charge in [0.2, 0.25) is 5.90 Å². The summed E-state index contributed by atoms with van der Waals surface area (Å²) in [4.78, 5) is 21.9. The molecule has 3 heterocycles. The molecular formula is C23H27N3O3. The van der Waals surface area contributed by atoms with Crippen LogP contribution in [0.15, 0.2) is 41.5 Å². The van der Waals surface area contributed by atoms with Gasteiger partial charge in [-0.25, -0.2) is 9.79 Å². The molecule has 29 heavy (non-hydrogen) atoms. The monoisotopic (exact) mass is 393 g/mol. The average molecular weight is 393 g/mol. The number of pyridine rings is 1. The number of aliphatic imine (C=N–C) groups is 1. The lowest BCUT2D eigenvalue weighted by molar-refractivity contribution is 0.123. The van der Waals surface area contributed by atoms with Crippen molar-refractivity contribution >= 4 is 17.7 Å². The average Bonchev–Trinajstić information content (AvgIpc) is 3.10. The van der Waals surface area contributed by atoms with E-state index in [0.29, 0.717) is 24.8 Å². The summed E-state index contributed by atoms with van der Waals surface area (Å²) in [5.41, 5.74) is 3.71. The van der Waals surface area contributed by atoms with Crippen LogP contribution in [0.5, 0.6) is 0 Å².